The number of aromatic nitrogens is 2. The molecule has 1 aromatic heterocycles. The van der Waals surface area contributed by atoms with Gasteiger partial charge in [0.25, 0.3) is 0 Å². The van der Waals surface area contributed by atoms with E-state index in [4.69, 9.17) is 4.74 Å². The van der Waals surface area contributed by atoms with Crippen LogP contribution < -0.4 is 10.6 Å². The molecule has 0 radical (unpaired) electrons. The van der Waals surface area contributed by atoms with Crippen LogP contribution in [0.4, 0.5) is 15.9 Å². The highest BCUT2D eigenvalue weighted by Gasteiger charge is 2.27. The maximum atomic E-state index is 15.2. The van der Waals surface area contributed by atoms with Crippen molar-refractivity contribution in [2.75, 3.05) is 18.1 Å². The lowest BCUT2D eigenvalue weighted by Crippen LogP contribution is -2.37. The Morgan fingerprint density at radius 1 is 1.12 bits per heavy atom. The van der Waals surface area contributed by atoms with E-state index in [1.165, 1.54) is 10.6 Å². The molecule has 1 N–H and O–H groups in total. The van der Waals surface area contributed by atoms with Gasteiger partial charge in [0.1, 0.15) is 11.4 Å². The summed E-state index contributed by atoms with van der Waals surface area (Å²) in [5.74, 6) is 5.68. The molecule has 6 nitrogen and oxygen atoms in total. The molecule has 3 aromatic rings. The van der Waals surface area contributed by atoms with Gasteiger partial charge >= 0.3 is 5.69 Å². The van der Waals surface area contributed by atoms with Gasteiger partial charge < -0.3 is 14.7 Å². The molecule has 0 spiro atoms. The third kappa shape index (κ3) is 4.50. The van der Waals surface area contributed by atoms with Crippen LogP contribution in [-0.2, 0) is 16.9 Å². The minimum Gasteiger partial charge on any atom is -0.378 e. The zero-order valence-corrected chi connectivity index (χ0v) is 19.6. The van der Waals surface area contributed by atoms with Gasteiger partial charge in [-0.25, -0.2) is 9.18 Å². The number of nitrogens with zero attached hydrogens (tertiary/aromatic N) is 3. The largest absolute Gasteiger partial charge is 0.378 e. The van der Waals surface area contributed by atoms with Gasteiger partial charge in [-0.2, -0.15) is 4.98 Å². The second-order valence-electron chi connectivity index (χ2n) is 9.67. The van der Waals surface area contributed by atoms with E-state index < -0.39 is 22.6 Å². The fourth-order valence-electron chi connectivity index (χ4n) is 4.05. The molecule has 1 aliphatic rings. The van der Waals surface area contributed by atoms with Gasteiger partial charge in [0.05, 0.1) is 24.1 Å². The van der Waals surface area contributed by atoms with E-state index in [9.17, 15) is 9.90 Å². The summed E-state index contributed by atoms with van der Waals surface area (Å²) in [6.45, 7) is 9.98. The Kier molecular flexibility index (Phi) is 5.77. The Morgan fingerprint density at radius 2 is 1.85 bits per heavy atom. The van der Waals surface area contributed by atoms with Crippen LogP contribution in [0.5, 0.6) is 0 Å². The molecule has 0 amide bonds. The van der Waals surface area contributed by atoms with Crippen molar-refractivity contribution in [1.29, 1.82) is 0 Å². The summed E-state index contributed by atoms with van der Waals surface area (Å²) in [7, 11) is 0. The van der Waals surface area contributed by atoms with Gasteiger partial charge in [-0.1, -0.05) is 24.0 Å². The number of halogens is 1. The minimum absolute atomic E-state index is 0.257. The fraction of sp³-hybridized carbons (Fsp3) is 0.385. The monoisotopic (exact) mass is 449 g/mol. The lowest BCUT2D eigenvalue weighted by molar-refractivity contribution is 0.133. The molecule has 172 valence electrons. The third-order valence-electron chi connectivity index (χ3n) is 5.43. The Bertz CT molecular complexity index is 1340. The first-order valence-corrected chi connectivity index (χ1v) is 10.9. The zero-order valence-electron chi connectivity index (χ0n) is 19.6. The van der Waals surface area contributed by atoms with Gasteiger partial charge in [-0.15, -0.1) is 0 Å². The van der Waals surface area contributed by atoms with Gasteiger partial charge in [0.15, 0.2) is 5.82 Å². The standard InChI is InChI=1S/C26H28FN3O3/c1-25(2,3)30-21-11-7-9-19(27)22(21)23(28-24(30)31)29-14-15-33-16-18-17(8-6-10-20(18)29)12-13-26(4,5)32/h6-11,32H,14-16H2,1-5H3. The highest BCUT2D eigenvalue weighted by atomic mass is 19.1. The van der Waals surface area contributed by atoms with Crippen molar-refractivity contribution in [1.82, 2.24) is 9.55 Å². The van der Waals surface area contributed by atoms with Crippen LogP contribution in [0.1, 0.15) is 45.7 Å². The topological polar surface area (TPSA) is 67.6 Å². The molecule has 2 aromatic carbocycles. The van der Waals surface area contributed by atoms with Crippen molar-refractivity contribution in [3.05, 3.63) is 63.8 Å². The maximum Gasteiger partial charge on any atom is 0.350 e. The van der Waals surface area contributed by atoms with Crippen LogP contribution in [0.25, 0.3) is 10.9 Å². The number of rotatable bonds is 1. The van der Waals surface area contributed by atoms with Gasteiger partial charge in [0.2, 0.25) is 0 Å². The van der Waals surface area contributed by atoms with E-state index in [0.717, 1.165) is 11.3 Å². The van der Waals surface area contributed by atoms with Gasteiger partial charge in [0, 0.05) is 28.9 Å². The Balaban J connectivity index is 2.00. The summed E-state index contributed by atoms with van der Waals surface area (Å²) in [6.07, 6.45) is 0. The third-order valence-corrected chi connectivity index (χ3v) is 5.43. The Labute approximate surface area is 192 Å². The van der Waals surface area contributed by atoms with Crippen molar-refractivity contribution in [3.8, 4) is 11.8 Å². The number of ether oxygens (including phenoxy) is 1. The summed E-state index contributed by atoms with van der Waals surface area (Å²) in [5, 5.41) is 10.3. The van der Waals surface area contributed by atoms with Crippen LogP contribution in [0.3, 0.4) is 0 Å². The number of fused-ring (bicyclic) bond motifs is 2. The molecule has 33 heavy (non-hydrogen) atoms. The normalized spacial score (nSPS) is 14.5. The highest BCUT2D eigenvalue weighted by molar-refractivity contribution is 5.93. The fourth-order valence-corrected chi connectivity index (χ4v) is 4.05. The molecule has 2 heterocycles. The van der Waals surface area contributed by atoms with Crippen molar-refractivity contribution in [2.24, 2.45) is 0 Å². The molecule has 7 heteroatoms. The molecule has 0 bridgehead atoms. The average Bonchev–Trinajstić information content (AvgIpc) is 2.93. The number of hydrogen-bond donors (Lipinski definition) is 1. The second-order valence-corrected chi connectivity index (χ2v) is 9.67. The minimum atomic E-state index is -1.15. The van der Waals surface area contributed by atoms with Crippen LogP contribution >= 0.6 is 0 Å². The molecule has 0 fully saturated rings. The molecule has 4 rings (SSSR count). The highest BCUT2D eigenvalue weighted by Crippen LogP contribution is 2.36. The van der Waals surface area contributed by atoms with Crippen molar-refractivity contribution < 1.29 is 14.2 Å². The van der Waals surface area contributed by atoms with Gasteiger partial charge in [-0.05, 0) is 58.9 Å². The Hall–Kier alpha value is -3.21. The van der Waals surface area contributed by atoms with E-state index in [1.54, 1.807) is 26.0 Å². The van der Waals surface area contributed by atoms with E-state index in [1.807, 2.05) is 43.9 Å². The van der Waals surface area contributed by atoms with Crippen molar-refractivity contribution in [3.63, 3.8) is 0 Å². The molecule has 0 atom stereocenters. The van der Waals surface area contributed by atoms with Crippen LogP contribution in [0.15, 0.2) is 41.2 Å². The summed E-state index contributed by atoms with van der Waals surface area (Å²) < 4.78 is 22.6. The molecule has 0 aliphatic carbocycles. The molecular weight excluding hydrogens is 421 g/mol. The van der Waals surface area contributed by atoms with Crippen LogP contribution in [0.2, 0.25) is 0 Å². The second kappa shape index (κ2) is 8.29. The predicted octanol–water partition coefficient (Wildman–Crippen LogP) is 4.08. The van der Waals surface area contributed by atoms with E-state index in [0.29, 0.717) is 30.8 Å². The molecule has 0 unspecified atom stereocenters. The molecule has 0 saturated carbocycles. The van der Waals surface area contributed by atoms with Crippen molar-refractivity contribution in [2.45, 2.75) is 52.4 Å². The predicted molar refractivity (Wildman–Crippen MR) is 127 cm³/mol. The van der Waals surface area contributed by atoms with Crippen molar-refractivity contribution >= 4 is 22.4 Å². The first-order valence-electron chi connectivity index (χ1n) is 10.9. The smallest absolute Gasteiger partial charge is 0.350 e. The van der Waals surface area contributed by atoms with E-state index >= 15 is 4.39 Å². The first kappa shape index (κ1) is 23.0. The number of aliphatic hydroxyl groups is 1. The number of benzene rings is 2. The first-order chi connectivity index (χ1) is 15.5. The average molecular weight is 450 g/mol. The van der Waals surface area contributed by atoms with Crippen LogP contribution in [-0.4, -0.2) is 33.4 Å². The van der Waals surface area contributed by atoms with E-state index in [-0.39, 0.29) is 11.2 Å². The summed E-state index contributed by atoms with van der Waals surface area (Å²) in [6, 6.07) is 10.3. The number of anilines is 2. The molecule has 1 aliphatic heterocycles. The lowest BCUT2D eigenvalue weighted by Gasteiger charge is -2.29. The number of hydrogen-bond acceptors (Lipinski definition) is 5. The summed E-state index contributed by atoms with van der Waals surface area (Å²) in [4.78, 5) is 19.4. The lowest BCUT2D eigenvalue weighted by atomic mass is 10.0. The molecule has 0 saturated heterocycles. The quantitative estimate of drug-likeness (QED) is 0.567. The van der Waals surface area contributed by atoms with E-state index in [2.05, 4.69) is 16.8 Å². The SMILES string of the molecule is CC(C)(O)C#Cc1cccc2c1COCCN2c1nc(=O)n(C(C)(C)C)c2cccc(F)c12. The van der Waals surface area contributed by atoms with Gasteiger partial charge in [-0.3, -0.25) is 4.57 Å². The molecular formula is C26H28FN3O3. The zero-order chi connectivity index (χ0) is 24.0. The van der Waals surface area contributed by atoms with Crippen LogP contribution in [0, 0.1) is 17.7 Å². The maximum absolute atomic E-state index is 15.2. The summed E-state index contributed by atoms with van der Waals surface area (Å²) >= 11 is 0. The Morgan fingerprint density at radius 3 is 2.55 bits per heavy atom. The summed E-state index contributed by atoms with van der Waals surface area (Å²) in [5.41, 5.74) is 0.579.